The standard InChI is InChI=1S/2C26H29F3N6O2/c2*1-4-20-25(36)33(3)21-10-30-22(32-24(21)35(20)13-26(2)14-37-15-26)6-5-16-9-31-34(11-16)12-17-7-18(27)23(29)19(28)8-17/h2*7-11,20H,4-6,12-15H2,1-3H3/t2*20-/m10/s1. The van der Waals surface area contributed by atoms with Gasteiger partial charge in [-0.05, 0) is 72.2 Å². The Hall–Kier alpha value is -6.94. The van der Waals surface area contributed by atoms with Crippen molar-refractivity contribution in [3.8, 4) is 0 Å². The number of ether oxygens (including phenoxy) is 2. The third kappa shape index (κ3) is 10.8. The van der Waals surface area contributed by atoms with Crippen molar-refractivity contribution in [2.24, 2.45) is 10.8 Å². The predicted octanol–water partition coefficient (Wildman–Crippen LogP) is 7.04. The number of carbonyl (C=O) groups excluding carboxylic acids is 2. The fraction of sp³-hybridized carbons (Fsp3) is 0.462. The van der Waals surface area contributed by atoms with Gasteiger partial charge >= 0.3 is 0 Å². The third-order valence-corrected chi connectivity index (χ3v) is 14.0. The van der Waals surface area contributed by atoms with Crippen molar-refractivity contribution in [2.45, 2.75) is 91.4 Å². The van der Waals surface area contributed by atoms with E-state index in [2.05, 4.69) is 43.8 Å². The van der Waals surface area contributed by atoms with Crippen molar-refractivity contribution in [3.63, 3.8) is 0 Å². The van der Waals surface area contributed by atoms with Crippen LogP contribution in [0.2, 0.25) is 0 Å². The van der Waals surface area contributed by atoms with Gasteiger partial charge in [0.05, 0.1) is 64.3 Å². The Balaban J connectivity index is 0.000000182. The number of aromatic nitrogens is 8. The molecule has 4 aliphatic heterocycles. The summed E-state index contributed by atoms with van der Waals surface area (Å²) in [4.78, 5) is 52.3. The summed E-state index contributed by atoms with van der Waals surface area (Å²) >= 11 is 0. The predicted molar refractivity (Wildman–Crippen MR) is 262 cm³/mol. The lowest BCUT2D eigenvalue weighted by atomic mass is 9.87. The molecule has 74 heavy (non-hydrogen) atoms. The minimum Gasteiger partial charge on any atom is -0.380 e. The van der Waals surface area contributed by atoms with Gasteiger partial charge in [-0.25, -0.2) is 46.3 Å². The maximum atomic E-state index is 13.5. The summed E-state index contributed by atoms with van der Waals surface area (Å²) in [6.45, 7) is 12.5. The molecule has 8 heterocycles. The molecule has 2 atom stereocenters. The molecule has 22 heteroatoms. The van der Waals surface area contributed by atoms with Gasteiger partial charge in [-0.15, -0.1) is 0 Å². The molecule has 2 aromatic carbocycles. The van der Waals surface area contributed by atoms with Crippen LogP contribution in [0.3, 0.4) is 0 Å². The van der Waals surface area contributed by atoms with Gasteiger partial charge in [0.1, 0.15) is 35.1 Å². The van der Waals surface area contributed by atoms with Crippen LogP contribution in [0.1, 0.15) is 74.4 Å². The molecule has 4 aromatic heterocycles. The molecule has 4 aliphatic rings. The van der Waals surface area contributed by atoms with E-state index in [1.807, 2.05) is 13.8 Å². The quantitative estimate of drug-likeness (QED) is 0.0722. The van der Waals surface area contributed by atoms with Crippen LogP contribution in [-0.2, 0) is 57.8 Å². The molecule has 16 nitrogen and oxygen atoms in total. The first-order valence-electron chi connectivity index (χ1n) is 24.6. The highest BCUT2D eigenvalue weighted by Crippen LogP contribution is 2.40. The number of amides is 2. The van der Waals surface area contributed by atoms with Crippen LogP contribution in [-0.4, -0.2) is 117 Å². The smallest absolute Gasteiger partial charge is 0.249 e. The van der Waals surface area contributed by atoms with E-state index in [1.165, 1.54) is 0 Å². The normalized spacial score (nSPS) is 18.6. The molecule has 2 saturated heterocycles. The van der Waals surface area contributed by atoms with Crippen LogP contribution >= 0.6 is 0 Å². The topological polar surface area (TPSA) is 153 Å². The fourth-order valence-electron chi connectivity index (χ4n) is 9.78. The van der Waals surface area contributed by atoms with E-state index in [0.29, 0.717) is 101 Å². The molecule has 0 radical (unpaired) electrons. The summed E-state index contributed by atoms with van der Waals surface area (Å²) in [5, 5.41) is 8.51. The van der Waals surface area contributed by atoms with Gasteiger partial charge in [-0.3, -0.25) is 19.0 Å². The average Bonchev–Trinajstić information content (AvgIpc) is 4.02. The van der Waals surface area contributed by atoms with Crippen LogP contribution in [0.15, 0.2) is 61.4 Å². The maximum Gasteiger partial charge on any atom is 0.249 e. The Morgan fingerprint density at radius 2 is 0.919 bits per heavy atom. The molecule has 10 rings (SSSR count). The summed E-state index contributed by atoms with van der Waals surface area (Å²) in [5.41, 5.74) is 3.67. The van der Waals surface area contributed by atoms with E-state index in [9.17, 15) is 35.9 Å². The van der Waals surface area contributed by atoms with E-state index in [-0.39, 0.29) is 58.9 Å². The lowest BCUT2D eigenvalue weighted by Gasteiger charge is -2.47. The van der Waals surface area contributed by atoms with Crippen LogP contribution < -0.4 is 19.6 Å². The van der Waals surface area contributed by atoms with E-state index in [0.717, 1.165) is 47.0 Å². The Bertz CT molecular complexity index is 2810. The van der Waals surface area contributed by atoms with Crippen molar-refractivity contribution >= 4 is 34.8 Å². The molecule has 0 saturated carbocycles. The first-order chi connectivity index (χ1) is 35.3. The van der Waals surface area contributed by atoms with E-state index >= 15 is 0 Å². The minimum absolute atomic E-state index is 0.0308. The second kappa shape index (κ2) is 21.1. The van der Waals surface area contributed by atoms with Crippen LogP contribution in [0.5, 0.6) is 0 Å². The van der Waals surface area contributed by atoms with E-state index in [4.69, 9.17) is 19.4 Å². The molecule has 6 aromatic rings. The lowest BCUT2D eigenvalue weighted by Crippen LogP contribution is -2.58. The molecule has 0 N–H and O–H groups in total. The number of hydrogen-bond acceptors (Lipinski definition) is 12. The Kier molecular flexibility index (Phi) is 14.8. The maximum absolute atomic E-state index is 13.5. The number of halogens is 6. The number of rotatable bonds is 16. The summed E-state index contributed by atoms with van der Waals surface area (Å²) in [6.07, 6.45) is 13.9. The van der Waals surface area contributed by atoms with Gasteiger partial charge in [0, 0.05) is 63.3 Å². The van der Waals surface area contributed by atoms with Crippen LogP contribution in [0.4, 0.5) is 49.4 Å². The van der Waals surface area contributed by atoms with E-state index < -0.39 is 34.9 Å². The molecule has 2 fully saturated rings. The van der Waals surface area contributed by atoms with Gasteiger partial charge in [0.25, 0.3) is 0 Å². The minimum atomic E-state index is -1.48. The summed E-state index contributed by atoms with van der Waals surface area (Å²) < 4.78 is 94.5. The monoisotopic (exact) mass is 1030 g/mol. The second-order valence-corrected chi connectivity index (χ2v) is 20.3. The summed E-state index contributed by atoms with van der Waals surface area (Å²) in [6, 6.07) is 3.28. The van der Waals surface area contributed by atoms with Gasteiger partial charge in [-0.1, -0.05) is 27.7 Å². The molecule has 0 aliphatic carbocycles. The number of anilines is 4. The van der Waals surface area contributed by atoms with E-state index in [1.54, 1.807) is 70.4 Å². The van der Waals surface area contributed by atoms with Crippen molar-refractivity contribution in [1.82, 2.24) is 39.5 Å². The molecule has 0 unspecified atom stereocenters. The highest BCUT2D eigenvalue weighted by molar-refractivity contribution is 6.05. The SMILES string of the molecule is CC[C@@H]1C(=O)N(C)c2cnc(CCc3cnn(Cc4cc(F)c(F)c(F)c4)c3)nc2N1CC1(C)COC1.CC[C@H]1C(=O)N(C)c2cnc(CCc3cnn(Cc4cc(F)c(F)c(F)c4)c3)nc2N1CC1(C)COC1. The Morgan fingerprint density at radius 1 is 0.554 bits per heavy atom. The van der Waals surface area contributed by atoms with Gasteiger partial charge in [-0.2, -0.15) is 10.2 Å². The van der Waals surface area contributed by atoms with Crippen molar-refractivity contribution in [3.05, 3.63) is 130 Å². The lowest BCUT2D eigenvalue weighted by molar-refractivity contribution is -0.122. The first-order valence-corrected chi connectivity index (χ1v) is 24.6. The largest absolute Gasteiger partial charge is 0.380 e. The first kappa shape index (κ1) is 51.9. The Labute approximate surface area is 424 Å². The molecule has 0 bridgehead atoms. The van der Waals surface area contributed by atoms with Crippen molar-refractivity contribution in [2.75, 3.05) is 73.2 Å². The molecular formula is C52H58F6N12O4. The highest BCUT2D eigenvalue weighted by Gasteiger charge is 2.45. The molecule has 0 spiro atoms. The van der Waals surface area contributed by atoms with Crippen molar-refractivity contribution < 1.29 is 45.4 Å². The molecular weight excluding hydrogens is 971 g/mol. The van der Waals surface area contributed by atoms with Gasteiger partial charge < -0.3 is 29.1 Å². The van der Waals surface area contributed by atoms with Crippen LogP contribution in [0.25, 0.3) is 0 Å². The number of aryl methyl sites for hydroxylation is 4. The van der Waals surface area contributed by atoms with Crippen molar-refractivity contribution in [1.29, 1.82) is 0 Å². The highest BCUT2D eigenvalue weighted by atomic mass is 19.2. The Morgan fingerprint density at radius 3 is 1.24 bits per heavy atom. The third-order valence-electron chi connectivity index (χ3n) is 14.0. The zero-order chi connectivity index (χ0) is 52.6. The zero-order valence-electron chi connectivity index (χ0n) is 42.1. The number of benzene rings is 2. The summed E-state index contributed by atoms with van der Waals surface area (Å²) in [7, 11) is 3.51. The van der Waals surface area contributed by atoms with Crippen LogP contribution in [0, 0.1) is 45.7 Å². The van der Waals surface area contributed by atoms with Gasteiger partial charge in [0.2, 0.25) is 11.8 Å². The number of likely N-dealkylation sites (N-methyl/N-ethyl adjacent to an activating group) is 2. The fourth-order valence-corrected chi connectivity index (χ4v) is 9.78. The second-order valence-electron chi connectivity index (χ2n) is 20.3. The number of hydrogen-bond donors (Lipinski definition) is 0. The average molecular weight is 1030 g/mol. The molecule has 2 amide bonds. The zero-order valence-corrected chi connectivity index (χ0v) is 42.1. The number of fused-ring (bicyclic) bond motifs is 2. The number of nitrogens with zero attached hydrogens (tertiary/aromatic N) is 12. The molecule has 392 valence electrons. The summed E-state index contributed by atoms with van der Waals surface area (Å²) in [5.74, 6) is -5.00. The number of carbonyl (C=O) groups is 2. The van der Waals surface area contributed by atoms with Gasteiger partial charge in [0.15, 0.2) is 46.5 Å².